The lowest BCUT2D eigenvalue weighted by Crippen LogP contribution is -2.29. The summed E-state index contributed by atoms with van der Waals surface area (Å²) in [6, 6.07) is 6.78. The third-order valence-electron chi connectivity index (χ3n) is 2.20. The molecular weight excluding hydrogens is 232 g/mol. The third kappa shape index (κ3) is 5.16. The molecule has 3 N–H and O–H groups in total. The first-order chi connectivity index (χ1) is 8.63. The molecule has 0 saturated carbocycles. The summed E-state index contributed by atoms with van der Waals surface area (Å²) in [5.74, 6) is 5.95. The monoisotopic (exact) mass is 252 g/mol. The maximum atomic E-state index is 11.2. The molecule has 0 spiro atoms. The van der Waals surface area contributed by atoms with Crippen molar-refractivity contribution >= 4 is 5.91 Å². The molecule has 0 atom stereocenters. The number of nitrogens with two attached hydrogens (primary N) is 1. The summed E-state index contributed by atoms with van der Waals surface area (Å²) < 4.78 is 10.9. The normalized spacial score (nSPS) is 10.4. The molecular formula is C13H20N2O3. The smallest absolute Gasteiger partial charge is 0.265 e. The molecule has 5 nitrogen and oxygen atoms in total. The van der Waals surface area contributed by atoms with Crippen molar-refractivity contribution in [1.29, 1.82) is 0 Å². The molecule has 100 valence electrons. The third-order valence-corrected chi connectivity index (χ3v) is 2.20. The van der Waals surface area contributed by atoms with Crippen LogP contribution in [0.4, 0.5) is 0 Å². The first kappa shape index (κ1) is 14.5. The number of hydrogen-bond acceptors (Lipinski definition) is 4. The molecule has 0 aromatic heterocycles. The van der Waals surface area contributed by atoms with Gasteiger partial charge in [0, 0.05) is 12.2 Å². The lowest BCUT2D eigenvalue weighted by atomic mass is 10.2. The van der Waals surface area contributed by atoms with E-state index in [0.29, 0.717) is 30.4 Å². The van der Waals surface area contributed by atoms with Crippen LogP contribution in [0.1, 0.15) is 24.2 Å². The van der Waals surface area contributed by atoms with E-state index in [1.165, 1.54) is 0 Å². The Kier molecular flexibility index (Phi) is 6.18. The van der Waals surface area contributed by atoms with E-state index in [1.54, 1.807) is 24.3 Å². The van der Waals surface area contributed by atoms with Crippen LogP contribution in [-0.2, 0) is 4.74 Å². The molecule has 0 fully saturated rings. The van der Waals surface area contributed by atoms with E-state index in [9.17, 15) is 4.79 Å². The van der Waals surface area contributed by atoms with Crippen LogP contribution in [0.25, 0.3) is 0 Å². The minimum atomic E-state index is -0.318. The van der Waals surface area contributed by atoms with Gasteiger partial charge in [-0.15, -0.1) is 0 Å². The molecule has 0 radical (unpaired) electrons. The summed E-state index contributed by atoms with van der Waals surface area (Å²) >= 11 is 0. The Morgan fingerprint density at radius 3 is 2.50 bits per heavy atom. The second-order valence-electron chi connectivity index (χ2n) is 4.32. The fourth-order valence-electron chi connectivity index (χ4n) is 1.32. The highest BCUT2D eigenvalue weighted by Gasteiger charge is 2.02. The maximum Gasteiger partial charge on any atom is 0.265 e. The largest absolute Gasteiger partial charge is 0.491 e. The number of nitrogen functional groups attached to an aromatic ring is 1. The molecule has 5 heteroatoms. The fraction of sp³-hybridized carbons (Fsp3) is 0.462. The molecule has 1 amide bonds. The molecule has 0 bridgehead atoms. The van der Waals surface area contributed by atoms with E-state index in [0.717, 1.165) is 6.61 Å². The summed E-state index contributed by atoms with van der Waals surface area (Å²) in [6.07, 6.45) is 0. The van der Waals surface area contributed by atoms with Crippen LogP contribution in [0.3, 0.4) is 0 Å². The van der Waals surface area contributed by atoms with Crippen molar-refractivity contribution in [2.75, 3.05) is 19.8 Å². The van der Waals surface area contributed by atoms with Gasteiger partial charge < -0.3 is 9.47 Å². The number of ether oxygens (including phenoxy) is 2. The zero-order valence-electron chi connectivity index (χ0n) is 10.8. The molecule has 0 heterocycles. The average Bonchev–Trinajstić information content (AvgIpc) is 2.38. The Morgan fingerprint density at radius 2 is 1.94 bits per heavy atom. The van der Waals surface area contributed by atoms with Crippen molar-refractivity contribution < 1.29 is 14.3 Å². The molecule has 0 saturated heterocycles. The number of carbonyl (C=O) groups excluding carboxylic acids is 1. The van der Waals surface area contributed by atoms with Crippen molar-refractivity contribution in [3.8, 4) is 5.75 Å². The Labute approximate surface area is 107 Å². The summed E-state index contributed by atoms with van der Waals surface area (Å²) in [4.78, 5) is 11.2. The van der Waals surface area contributed by atoms with Gasteiger partial charge in [-0.2, -0.15) is 0 Å². The van der Waals surface area contributed by atoms with E-state index in [1.807, 2.05) is 0 Å². The van der Waals surface area contributed by atoms with E-state index in [-0.39, 0.29) is 5.91 Å². The van der Waals surface area contributed by atoms with Crippen LogP contribution < -0.4 is 16.0 Å². The molecule has 0 aliphatic carbocycles. The van der Waals surface area contributed by atoms with Gasteiger partial charge in [0.15, 0.2) is 0 Å². The van der Waals surface area contributed by atoms with Crippen LogP contribution in [0.5, 0.6) is 5.75 Å². The molecule has 18 heavy (non-hydrogen) atoms. The summed E-state index contributed by atoms with van der Waals surface area (Å²) in [5, 5.41) is 0. The van der Waals surface area contributed by atoms with E-state index in [4.69, 9.17) is 15.3 Å². The lowest BCUT2D eigenvalue weighted by Gasteiger charge is -2.09. The number of benzene rings is 1. The van der Waals surface area contributed by atoms with Crippen LogP contribution in [0.2, 0.25) is 0 Å². The summed E-state index contributed by atoms with van der Waals surface area (Å²) in [7, 11) is 0. The zero-order chi connectivity index (χ0) is 13.4. The van der Waals surface area contributed by atoms with Crippen LogP contribution in [0.15, 0.2) is 24.3 Å². The number of nitrogens with one attached hydrogen (secondary N) is 1. The first-order valence-corrected chi connectivity index (χ1v) is 5.95. The average molecular weight is 252 g/mol. The second-order valence-corrected chi connectivity index (χ2v) is 4.32. The Morgan fingerprint density at radius 1 is 1.28 bits per heavy atom. The highest BCUT2D eigenvalue weighted by Crippen LogP contribution is 2.11. The van der Waals surface area contributed by atoms with E-state index >= 15 is 0 Å². The van der Waals surface area contributed by atoms with Gasteiger partial charge in [-0.1, -0.05) is 13.8 Å². The highest BCUT2D eigenvalue weighted by molar-refractivity contribution is 5.93. The molecule has 0 aliphatic heterocycles. The van der Waals surface area contributed by atoms with E-state index < -0.39 is 0 Å². The van der Waals surface area contributed by atoms with Gasteiger partial charge in [-0.3, -0.25) is 10.2 Å². The highest BCUT2D eigenvalue weighted by atomic mass is 16.5. The SMILES string of the molecule is CC(C)COCCOc1ccc(C(=O)NN)cc1. The van der Waals surface area contributed by atoms with Gasteiger partial charge in [0.25, 0.3) is 5.91 Å². The number of hydrazine groups is 1. The number of rotatable bonds is 7. The fourth-order valence-corrected chi connectivity index (χ4v) is 1.32. The van der Waals surface area contributed by atoms with Gasteiger partial charge in [0.2, 0.25) is 0 Å². The number of hydrogen-bond donors (Lipinski definition) is 2. The minimum Gasteiger partial charge on any atom is -0.491 e. The molecule has 0 unspecified atom stereocenters. The topological polar surface area (TPSA) is 73.6 Å². The zero-order valence-corrected chi connectivity index (χ0v) is 10.8. The molecule has 0 aliphatic rings. The standard InChI is InChI=1S/C13H20N2O3/c1-10(2)9-17-7-8-18-12-5-3-11(4-6-12)13(16)15-14/h3-6,10H,7-9,14H2,1-2H3,(H,15,16). The van der Waals surface area contributed by atoms with Gasteiger partial charge in [-0.25, -0.2) is 5.84 Å². The van der Waals surface area contributed by atoms with Crippen molar-refractivity contribution in [1.82, 2.24) is 5.43 Å². The second kappa shape index (κ2) is 7.68. The van der Waals surface area contributed by atoms with Crippen LogP contribution in [-0.4, -0.2) is 25.7 Å². The predicted octanol–water partition coefficient (Wildman–Crippen LogP) is 1.34. The van der Waals surface area contributed by atoms with Crippen LogP contribution in [0, 0.1) is 5.92 Å². The van der Waals surface area contributed by atoms with Crippen LogP contribution >= 0.6 is 0 Å². The van der Waals surface area contributed by atoms with Gasteiger partial charge in [0.1, 0.15) is 12.4 Å². The Balaban J connectivity index is 2.29. The van der Waals surface area contributed by atoms with Crippen molar-refractivity contribution in [2.24, 2.45) is 11.8 Å². The van der Waals surface area contributed by atoms with Crippen molar-refractivity contribution in [2.45, 2.75) is 13.8 Å². The Bertz CT molecular complexity index is 363. The minimum absolute atomic E-state index is 0.318. The van der Waals surface area contributed by atoms with Gasteiger partial charge >= 0.3 is 0 Å². The summed E-state index contributed by atoms with van der Waals surface area (Å²) in [5.41, 5.74) is 2.57. The summed E-state index contributed by atoms with van der Waals surface area (Å²) in [6.45, 7) is 5.99. The van der Waals surface area contributed by atoms with Gasteiger partial charge in [-0.05, 0) is 30.2 Å². The quantitative estimate of drug-likeness (QED) is 0.332. The Hall–Kier alpha value is -1.59. The van der Waals surface area contributed by atoms with Gasteiger partial charge in [0.05, 0.1) is 6.61 Å². The molecule has 1 aromatic rings. The number of carbonyl (C=O) groups is 1. The maximum absolute atomic E-state index is 11.2. The van der Waals surface area contributed by atoms with Crippen molar-refractivity contribution in [3.63, 3.8) is 0 Å². The first-order valence-electron chi connectivity index (χ1n) is 5.95. The predicted molar refractivity (Wildman–Crippen MR) is 69.2 cm³/mol. The molecule has 1 aromatic carbocycles. The molecule has 1 rings (SSSR count). The lowest BCUT2D eigenvalue weighted by molar-refractivity contribution is 0.0819. The number of amides is 1. The van der Waals surface area contributed by atoms with E-state index in [2.05, 4.69) is 19.3 Å². The van der Waals surface area contributed by atoms with Crippen molar-refractivity contribution in [3.05, 3.63) is 29.8 Å².